The van der Waals surface area contributed by atoms with Crippen molar-refractivity contribution >= 4 is 5.91 Å². The number of pyridine rings is 1. The Kier molecular flexibility index (Phi) is 6.27. The van der Waals surface area contributed by atoms with E-state index in [9.17, 15) is 4.79 Å². The first-order valence-corrected chi connectivity index (χ1v) is 9.12. The minimum absolute atomic E-state index is 0.142. The molecule has 5 heteroatoms. The lowest BCUT2D eigenvalue weighted by atomic mass is 10.1. The molecule has 144 valence electrons. The van der Waals surface area contributed by atoms with Gasteiger partial charge in [0.1, 0.15) is 18.1 Å². The minimum atomic E-state index is -0.142. The third-order valence-electron chi connectivity index (χ3n) is 4.53. The summed E-state index contributed by atoms with van der Waals surface area (Å²) in [6.45, 7) is 4.70. The summed E-state index contributed by atoms with van der Waals surface area (Å²) in [7, 11) is 1.64. The van der Waals surface area contributed by atoms with Crippen LogP contribution in [-0.4, -0.2) is 18.0 Å². The van der Waals surface area contributed by atoms with Gasteiger partial charge in [-0.3, -0.25) is 9.78 Å². The van der Waals surface area contributed by atoms with Gasteiger partial charge in [-0.1, -0.05) is 30.3 Å². The van der Waals surface area contributed by atoms with Crippen LogP contribution in [0.25, 0.3) is 0 Å². The highest BCUT2D eigenvalue weighted by Gasteiger charge is 2.11. The van der Waals surface area contributed by atoms with Gasteiger partial charge in [0.05, 0.1) is 19.3 Å². The molecule has 0 aliphatic heterocycles. The molecule has 0 radical (unpaired) electrons. The van der Waals surface area contributed by atoms with Crippen LogP contribution >= 0.6 is 0 Å². The lowest BCUT2D eigenvalue weighted by molar-refractivity contribution is 0.0950. The molecule has 0 aliphatic carbocycles. The molecule has 0 spiro atoms. The van der Waals surface area contributed by atoms with E-state index < -0.39 is 0 Å². The van der Waals surface area contributed by atoms with Crippen LogP contribution in [0.3, 0.4) is 0 Å². The third-order valence-corrected chi connectivity index (χ3v) is 4.53. The Bertz CT molecular complexity index is 938. The van der Waals surface area contributed by atoms with Crippen molar-refractivity contribution in [2.24, 2.45) is 0 Å². The summed E-state index contributed by atoms with van der Waals surface area (Å²) in [5.74, 6) is 1.49. The number of amides is 1. The molecule has 0 atom stereocenters. The molecule has 0 saturated heterocycles. The molecule has 28 heavy (non-hydrogen) atoms. The SMILES string of the molecule is COc1c(C)cnc(CNC(=O)c2ccc(COc3ccccc3)cc2)c1C. The second kappa shape index (κ2) is 9.04. The maximum atomic E-state index is 12.4. The van der Waals surface area contributed by atoms with Crippen molar-refractivity contribution in [3.63, 3.8) is 0 Å². The molecule has 3 aromatic rings. The number of aryl methyl sites for hydroxylation is 1. The van der Waals surface area contributed by atoms with Gasteiger partial charge in [0.15, 0.2) is 0 Å². The lowest BCUT2D eigenvalue weighted by Gasteiger charge is -2.13. The zero-order chi connectivity index (χ0) is 19.9. The number of rotatable bonds is 7. The van der Waals surface area contributed by atoms with Gasteiger partial charge in [0, 0.05) is 22.9 Å². The van der Waals surface area contributed by atoms with Crippen LogP contribution in [0.4, 0.5) is 0 Å². The first-order valence-electron chi connectivity index (χ1n) is 9.12. The number of methoxy groups -OCH3 is 1. The highest BCUT2D eigenvalue weighted by Crippen LogP contribution is 2.23. The zero-order valence-corrected chi connectivity index (χ0v) is 16.4. The summed E-state index contributed by atoms with van der Waals surface area (Å²) >= 11 is 0. The molecule has 0 fully saturated rings. The maximum absolute atomic E-state index is 12.4. The molecule has 3 rings (SSSR count). The summed E-state index contributed by atoms with van der Waals surface area (Å²) in [5.41, 5.74) is 4.31. The Labute approximate surface area is 165 Å². The fourth-order valence-corrected chi connectivity index (χ4v) is 2.95. The van der Waals surface area contributed by atoms with E-state index in [2.05, 4.69) is 10.3 Å². The number of ether oxygens (including phenoxy) is 2. The lowest BCUT2D eigenvalue weighted by Crippen LogP contribution is -2.24. The number of carbonyl (C=O) groups is 1. The van der Waals surface area contributed by atoms with Crippen molar-refractivity contribution in [1.82, 2.24) is 10.3 Å². The van der Waals surface area contributed by atoms with Crippen LogP contribution in [0.2, 0.25) is 0 Å². The molecular weight excluding hydrogens is 352 g/mol. The van der Waals surface area contributed by atoms with E-state index >= 15 is 0 Å². The third kappa shape index (κ3) is 4.68. The summed E-state index contributed by atoms with van der Waals surface area (Å²) in [6.07, 6.45) is 1.76. The van der Waals surface area contributed by atoms with Crippen molar-refractivity contribution < 1.29 is 14.3 Å². The van der Waals surface area contributed by atoms with Crippen LogP contribution in [0.1, 0.15) is 32.7 Å². The Morgan fingerprint density at radius 1 is 1.04 bits per heavy atom. The fraction of sp³-hybridized carbons (Fsp3) is 0.217. The maximum Gasteiger partial charge on any atom is 0.251 e. The van der Waals surface area contributed by atoms with E-state index in [0.29, 0.717) is 18.7 Å². The van der Waals surface area contributed by atoms with Gasteiger partial charge in [0.2, 0.25) is 0 Å². The number of nitrogens with zero attached hydrogens (tertiary/aromatic N) is 1. The largest absolute Gasteiger partial charge is 0.496 e. The van der Waals surface area contributed by atoms with Crippen LogP contribution in [0.5, 0.6) is 11.5 Å². The molecule has 0 bridgehead atoms. The second-order valence-corrected chi connectivity index (χ2v) is 6.53. The van der Waals surface area contributed by atoms with E-state index in [1.165, 1.54) is 0 Å². The Hall–Kier alpha value is -3.34. The molecule has 2 aromatic carbocycles. The number of benzene rings is 2. The smallest absolute Gasteiger partial charge is 0.251 e. The van der Waals surface area contributed by atoms with Gasteiger partial charge in [-0.25, -0.2) is 0 Å². The van der Waals surface area contributed by atoms with Crippen molar-refractivity contribution in [1.29, 1.82) is 0 Å². The first kappa shape index (κ1) is 19.4. The van der Waals surface area contributed by atoms with Gasteiger partial charge in [0.25, 0.3) is 5.91 Å². The molecular formula is C23H24N2O3. The topological polar surface area (TPSA) is 60.5 Å². The zero-order valence-electron chi connectivity index (χ0n) is 16.4. The summed E-state index contributed by atoms with van der Waals surface area (Å²) in [6, 6.07) is 17.0. The van der Waals surface area contributed by atoms with Crippen LogP contribution in [0, 0.1) is 13.8 Å². The van der Waals surface area contributed by atoms with E-state index in [4.69, 9.17) is 9.47 Å². The number of aromatic nitrogens is 1. The molecule has 0 unspecified atom stereocenters. The fourth-order valence-electron chi connectivity index (χ4n) is 2.95. The number of nitrogens with one attached hydrogen (secondary N) is 1. The Balaban J connectivity index is 1.58. The second-order valence-electron chi connectivity index (χ2n) is 6.53. The van der Waals surface area contributed by atoms with Gasteiger partial charge < -0.3 is 14.8 Å². The Morgan fingerprint density at radius 3 is 2.43 bits per heavy atom. The predicted molar refractivity (Wildman–Crippen MR) is 109 cm³/mol. The van der Waals surface area contributed by atoms with E-state index in [0.717, 1.165) is 33.9 Å². The van der Waals surface area contributed by atoms with Crippen LogP contribution in [0.15, 0.2) is 60.8 Å². The van der Waals surface area contributed by atoms with Crippen molar-refractivity contribution in [3.8, 4) is 11.5 Å². The number of hydrogen-bond donors (Lipinski definition) is 1. The van der Waals surface area contributed by atoms with Crippen molar-refractivity contribution in [2.45, 2.75) is 27.0 Å². The van der Waals surface area contributed by atoms with Gasteiger partial charge in [-0.2, -0.15) is 0 Å². The molecule has 0 saturated carbocycles. The summed E-state index contributed by atoms with van der Waals surface area (Å²) in [5, 5.41) is 2.92. The van der Waals surface area contributed by atoms with Gasteiger partial charge >= 0.3 is 0 Å². The molecule has 1 amide bonds. The summed E-state index contributed by atoms with van der Waals surface area (Å²) in [4.78, 5) is 16.8. The summed E-state index contributed by atoms with van der Waals surface area (Å²) < 4.78 is 11.1. The first-order chi connectivity index (χ1) is 13.6. The average molecular weight is 376 g/mol. The standard InChI is InChI=1S/C23H24N2O3/c1-16-13-24-21(17(2)22(16)27-3)14-25-23(26)19-11-9-18(10-12-19)15-28-20-7-5-4-6-8-20/h4-13H,14-15H2,1-3H3,(H,25,26). The molecule has 1 heterocycles. The molecule has 5 nitrogen and oxygen atoms in total. The monoisotopic (exact) mass is 376 g/mol. The minimum Gasteiger partial charge on any atom is -0.496 e. The van der Waals surface area contributed by atoms with E-state index in [1.807, 2.05) is 56.3 Å². The highest BCUT2D eigenvalue weighted by molar-refractivity contribution is 5.94. The molecule has 1 aromatic heterocycles. The van der Waals surface area contributed by atoms with Crippen molar-refractivity contribution in [2.75, 3.05) is 7.11 Å². The van der Waals surface area contributed by atoms with E-state index in [1.54, 1.807) is 25.4 Å². The Morgan fingerprint density at radius 2 is 1.75 bits per heavy atom. The number of para-hydroxylation sites is 1. The van der Waals surface area contributed by atoms with Gasteiger partial charge in [-0.15, -0.1) is 0 Å². The van der Waals surface area contributed by atoms with Crippen LogP contribution < -0.4 is 14.8 Å². The predicted octanol–water partition coefficient (Wildman–Crippen LogP) is 4.22. The van der Waals surface area contributed by atoms with Crippen molar-refractivity contribution in [3.05, 3.63) is 88.7 Å². The van der Waals surface area contributed by atoms with Crippen LogP contribution in [-0.2, 0) is 13.2 Å². The number of carbonyl (C=O) groups excluding carboxylic acids is 1. The quantitative estimate of drug-likeness (QED) is 0.671. The average Bonchev–Trinajstić information content (AvgIpc) is 2.73. The normalized spacial score (nSPS) is 10.4. The highest BCUT2D eigenvalue weighted by atomic mass is 16.5. The molecule has 0 aliphatic rings. The number of hydrogen-bond acceptors (Lipinski definition) is 4. The van der Waals surface area contributed by atoms with E-state index in [-0.39, 0.29) is 5.91 Å². The van der Waals surface area contributed by atoms with Gasteiger partial charge in [-0.05, 0) is 43.7 Å². The molecule has 1 N–H and O–H groups in total.